The molecule has 0 atom stereocenters. The Morgan fingerprint density at radius 3 is 2.35 bits per heavy atom. The predicted octanol–water partition coefficient (Wildman–Crippen LogP) is 2.12. The number of hydrogen-bond donors (Lipinski definition) is 4. The number of anilines is 1. The van der Waals surface area contributed by atoms with Crippen LogP contribution in [-0.4, -0.2) is 58.4 Å². The van der Waals surface area contributed by atoms with Crippen LogP contribution in [0.3, 0.4) is 0 Å². The van der Waals surface area contributed by atoms with Crippen molar-refractivity contribution >= 4 is 34.0 Å². The van der Waals surface area contributed by atoms with E-state index in [-0.39, 0.29) is 23.6 Å². The summed E-state index contributed by atoms with van der Waals surface area (Å²) in [6.45, 7) is 0.719. The molecule has 1 heterocycles. The third-order valence-electron chi connectivity index (χ3n) is 5.19. The minimum Gasteiger partial charge on any atom is -0.404 e. The molecule has 0 spiro atoms. The van der Waals surface area contributed by atoms with Gasteiger partial charge in [0, 0.05) is 46.7 Å². The Morgan fingerprint density at radius 1 is 1.03 bits per heavy atom. The number of allylic oxidation sites excluding steroid dienone is 2. The zero-order valence-corrected chi connectivity index (χ0v) is 20.4. The van der Waals surface area contributed by atoms with Crippen molar-refractivity contribution in [3.8, 4) is 5.75 Å². The van der Waals surface area contributed by atoms with Gasteiger partial charge >= 0.3 is 6.36 Å². The van der Waals surface area contributed by atoms with Crippen LogP contribution in [0, 0.1) is 0 Å². The second kappa shape index (κ2) is 12.4. The molecule has 0 radical (unpaired) electrons. The van der Waals surface area contributed by atoms with E-state index < -0.39 is 34.7 Å². The average Bonchev–Trinajstić information content (AvgIpc) is 2.84. The van der Waals surface area contributed by atoms with E-state index in [1.54, 1.807) is 17.0 Å². The predicted molar refractivity (Wildman–Crippen MR) is 134 cm³/mol. The second-order valence-corrected chi connectivity index (χ2v) is 9.69. The van der Waals surface area contributed by atoms with E-state index in [0.29, 0.717) is 30.3 Å². The number of carbonyl (C=O) groups excluding carboxylic acids is 2. The molecule has 198 valence electrons. The summed E-state index contributed by atoms with van der Waals surface area (Å²) in [4.78, 5) is 26.9. The number of alkyl halides is 3. The molecular weight excluding hydrogens is 511 g/mol. The van der Waals surface area contributed by atoms with Crippen molar-refractivity contribution in [1.29, 1.82) is 0 Å². The summed E-state index contributed by atoms with van der Waals surface area (Å²) in [5.74, 6) is -1.27. The van der Waals surface area contributed by atoms with Gasteiger partial charge in [-0.05, 0) is 35.9 Å². The number of carbonyl (C=O) groups is 2. The maximum absolute atomic E-state index is 12.9. The van der Waals surface area contributed by atoms with Crippen molar-refractivity contribution in [2.45, 2.75) is 6.36 Å². The summed E-state index contributed by atoms with van der Waals surface area (Å²) >= 11 is 0. The Bertz CT molecular complexity index is 1210. The molecule has 3 rings (SSSR count). The van der Waals surface area contributed by atoms with Gasteiger partial charge in [-0.2, -0.15) is 0 Å². The van der Waals surface area contributed by atoms with Crippen LogP contribution in [0.2, 0.25) is 0 Å². The number of rotatable bonds is 8. The Labute approximate surface area is 213 Å². The van der Waals surface area contributed by atoms with Crippen LogP contribution < -0.4 is 26.8 Å². The van der Waals surface area contributed by atoms with Gasteiger partial charge in [0.1, 0.15) is 5.82 Å². The summed E-state index contributed by atoms with van der Waals surface area (Å²) in [7, 11) is -0.945. The van der Waals surface area contributed by atoms with Crippen LogP contribution in [-0.2, 0) is 15.6 Å². The monoisotopic (exact) mass is 537 g/mol. The maximum atomic E-state index is 12.9. The molecule has 0 aromatic heterocycles. The van der Waals surface area contributed by atoms with Gasteiger partial charge in [0.15, 0.2) is 5.75 Å². The number of hydrogen-bond acceptors (Lipinski definition) is 7. The van der Waals surface area contributed by atoms with Gasteiger partial charge in [-0.3, -0.25) is 18.7 Å². The van der Waals surface area contributed by atoms with Crippen molar-refractivity contribution in [3.05, 3.63) is 77.6 Å². The number of nitrogens with two attached hydrogens (primary N) is 2. The lowest BCUT2D eigenvalue weighted by molar-refractivity contribution is -0.274. The van der Waals surface area contributed by atoms with E-state index in [9.17, 15) is 27.0 Å². The summed E-state index contributed by atoms with van der Waals surface area (Å²) in [6, 6.07) is 12.1. The van der Waals surface area contributed by atoms with Crippen LogP contribution in [0.5, 0.6) is 5.75 Å². The molecule has 0 saturated carbocycles. The standard InChI is InChI=1S/C24H26F3N5O4S/c25-24(26,27)36-20-8-6-17(14-19(20)30-22(33)15-32-10-12-37(35)13-11-32)23(34)31-21(29)9-7-18(28)16-4-2-1-3-5-16/h1-9,14H,10-13,15,28-29H2,(H,30,33)(H,31,34)/b18-7-,21-9+. The molecule has 6 N–H and O–H groups in total. The average molecular weight is 538 g/mol. The number of benzene rings is 2. The fourth-order valence-electron chi connectivity index (χ4n) is 3.36. The van der Waals surface area contributed by atoms with Crippen LogP contribution in [0.4, 0.5) is 18.9 Å². The summed E-state index contributed by atoms with van der Waals surface area (Å²) in [6.07, 6.45) is -2.15. The lowest BCUT2D eigenvalue weighted by Crippen LogP contribution is -2.42. The molecule has 9 nitrogen and oxygen atoms in total. The minimum absolute atomic E-state index is 0.0624. The van der Waals surface area contributed by atoms with E-state index in [1.807, 2.05) is 18.2 Å². The van der Waals surface area contributed by atoms with Crippen molar-refractivity contribution in [1.82, 2.24) is 10.2 Å². The van der Waals surface area contributed by atoms with Gasteiger partial charge in [-0.15, -0.1) is 13.2 Å². The smallest absolute Gasteiger partial charge is 0.404 e. The number of amides is 2. The second-order valence-electron chi connectivity index (χ2n) is 8.00. The first kappa shape index (κ1) is 27.7. The number of ether oxygens (including phenoxy) is 1. The molecule has 13 heteroatoms. The van der Waals surface area contributed by atoms with Crippen molar-refractivity contribution in [3.63, 3.8) is 0 Å². The maximum Gasteiger partial charge on any atom is 0.573 e. The highest BCUT2D eigenvalue weighted by Crippen LogP contribution is 2.31. The van der Waals surface area contributed by atoms with Crippen LogP contribution in [0.1, 0.15) is 15.9 Å². The fourth-order valence-corrected chi connectivity index (χ4v) is 4.49. The SMILES string of the molecule is N/C(=C\C=C(/N)NC(=O)c1ccc(OC(F)(F)F)c(NC(=O)CN2CCS(=O)CC2)c1)c1ccccc1. The van der Waals surface area contributed by atoms with Gasteiger partial charge in [-0.1, -0.05) is 30.3 Å². The first-order valence-corrected chi connectivity index (χ1v) is 12.6. The zero-order valence-electron chi connectivity index (χ0n) is 19.6. The molecule has 1 fully saturated rings. The van der Waals surface area contributed by atoms with Gasteiger partial charge in [0.2, 0.25) is 5.91 Å². The third kappa shape index (κ3) is 8.95. The van der Waals surface area contributed by atoms with Gasteiger partial charge < -0.3 is 26.8 Å². The summed E-state index contributed by atoms with van der Waals surface area (Å²) in [5, 5.41) is 4.77. The Hall–Kier alpha value is -3.84. The van der Waals surface area contributed by atoms with Crippen LogP contribution in [0.25, 0.3) is 5.70 Å². The quantitative estimate of drug-likeness (QED) is 0.378. The molecule has 1 saturated heterocycles. The highest BCUT2D eigenvalue weighted by atomic mass is 32.2. The lowest BCUT2D eigenvalue weighted by Gasteiger charge is -2.25. The largest absolute Gasteiger partial charge is 0.573 e. The fraction of sp³-hybridized carbons (Fsp3) is 0.250. The normalized spacial score (nSPS) is 15.8. The van der Waals surface area contributed by atoms with Crippen LogP contribution in [0.15, 0.2) is 66.5 Å². The summed E-state index contributed by atoms with van der Waals surface area (Å²) in [5.41, 5.74) is 12.5. The molecule has 1 aliphatic heterocycles. The number of halogens is 3. The molecule has 0 bridgehead atoms. The Kier molecular flexibility index (Phi) is 9.31. The first-order valence-electron chi connectivity index (χ1n) is 11.1. The molecule has 37 heavy (non-hydrogen) atoms. The molecule has 0 unspecified atom stereocenters. The molecular formula is C24H26F3N5O4S. The molecule has 2 aromatic carbocycles. The van der Waals surface area contributed by atoms with E-state index in [4.69, 9.17) is 11.5 Å². The first-order chi connectivity index (χ1) is 17.5. The van der Waals surface area contributed by atoms with E-state index >= 15 is 0 Å². The number of nitrogens with zero attached hydrogens (tertiary/aromatic N) is 1. The van der Waals surface area contributed by atoms with Gasteiger partial charge in [0.25, 0.3) is 5.91 Å². The zero-order chi connectivity index (χ0) is 27.0. The summed E-state index contributed by atoms with van der Waals surface area (Å²) < 4.78 is 54.1. The van der Waals surface area contributed by atoms with Gasteiger partial charge in [-0.25, -0.2) is 0 Å². The highest BCUT2D eigenvalue weighted by Gasteiger charge is 2.32. The van der Waals surface area contributed by atoms with E-state index in [0.717, 1.165) is 23.8 Å². The lowest BCUT2D eigenvalue weighted by atomic mass is 10.1. The Balaban J connectivity index is 1.73. The highest BCUT2D eigenvalue weighted by molar-refractivity contribution is 7.85. The van der Waals surface area contributed by atoms with Crippen molar-refractivity contribution in [2.24, 2.45) is 11.5 Å². The van der Waals surface area contributed by atoms with Crippen LogP contribution >= 0.6 is 0 Å². The van der Waals surface area contributed by atoms with E-state index in [2.05, 4.69) is 15.4 Å². The molecule has 2 amide bonds. The molecule has 0 aliphatic carbocycles. The van der Waals surface area contributed by atoms with Gasteiger partial charge in [0.05, 0.1) is 12.2 Å². The van der Waals surface area contributed by atoms with Crippen molar-refractivity contribution in [2.75, 3.05) is 36.5 Å². The Morgan fingerprint density at radius 2 is 1.70 bits per heavy atom. The van der Waals surface area contributed by atoms with E-state index in [1.165, 1.54) is 12.2 Å². The molecule has 1 aliphatic rings. The number of nitrogens with one attached hydrogen (secondary N) is 2. The third-order valence-corrected chi connectivity index (χ3v) is 6.46. The molecule has 2 aromatic rings. The minimum atomic E-state index is -5.02. The van der Waals surface area contributed by atoms with Crippen molar-refractivity contribution < 1.29 is 31.7 Å². The topological polar surface area (TPSA) is 140 Å².